The quantitative estimate of drug-likeness (QED) is 0.430. The van der Waals surface area contributed by atoms with Crippen molar-refractivity contribution in [3.8, 4) is 17.1 Å². The monoisotopic (exact) mass is 403 g/mol. The molecule has 0 aliphatic carbocycles. The van der Waals surface area contributed by atoms with E-state index in [0.717, 1.165) is 39.8 Å². The Bertz CT molecular complexity index is 1130. The van der Waals surface area contributed by atoms with E-state index in [0.29, 0.717) is 25.6 Å². The number of nitrogens with two attached hydrogens (primary N) is 1. The summed E-state index contributed by atoms with van der Waals surface area (Å²) in [6.45, 7) is 1.65. The first kappa shape index (κ1) is 19.7. The molecule has 0 atom stereocenters. The van der Waals surface area contributed by atoms with Crippen molar-refractivity contribution in [1.82, 2.24) is 15.0 Å². The topological polar surface area (TPSA) is 86.0 Å². The van der Waals surface area contributed by atoms with E-state index in [1.54, 1.807) is 24.5 Å². The molecule has 0 bridgehead atoms. The lowest BCUT2D eigenvalue weighted by atomic mass is 10.1. The predicted octanol–water partition coefficient (Wildman–Crippen LogP) is 4.17. The van der Waals surface area contributed by atoms with Crippen LogP contribution in [0.4, 0.5) is 10.2 Å². The normalized spacial score (nSPS) is 10.9. The molecule has 2 aromatic carbocycles. The molecule has 2 heterocycles. The molecule has 0 fully saturated rings. The van der Waals surface area contributed by atoms with Crippen LogP contribution < -0.4 is 15.8 Å². The van der Waals surface area contributed by atoms with Crippen LogP contribution in [0.25, 0.3) is 22.0 Å². The fourth-order valence-corrected chi connectivity index (χ4v) is 3.01. The van der Waals surface area contributed by atoms with Gasteiger partial charge in [0.25, 0.3) is 0 Å². The highest BCUT2D eigenvalue weighted by Gasteiger charge is 2.06. The third-order valence-electron chi connectivity index (χ3n) is 4.62. The summed E-state index contributed by atoms with van der Waals surface area (Å²) in [5, 5.41) is 5.33. The minimum absolute atomic E-state index is 0.243. The maximum Gasteiger partial charge on any atom is 0.232 e. The van der Waals surface area contributed by atoms with Crippen molar-refractivity contribution < 1.29 is 9.13 Å². The van der Waals surface area contributed by atoms with Crippen LogP contribution in [-0.2, 0) is 6.54 Å². The van der Waals surface area contributed by atoms with Crippen LogP contribution in [0.1, 0.15) is 12.0 Å². The van der Waals surface area contributed by atoms with Crippen LogP contribution in [0.2, 0.25) is 0 Å². The zero-order valence-electron chi connectivity index (χ0n) is 16.4. The van der Waals surface area contributed by atoms with E-state index < -0.39 is 0 Å². The first-order valence-electron chi connectivity index (χ1n) is 9.75. The molecule has 2 aromatic heterocycles. The summed E-state index contributed by atoms with van der Waals surface area (Å²) in [5.41, 5.74) is 8.15. The van der Waals surface area contributed by atoms with Gasteiger partial charge >= 0.3 is 0 Å². The summed E-state index contributed by atoms with van der Waals surface area (Å²) in [7, 11) is 0. The van der Waals surface area contributed by atoms with Gasteiger partial charge in [-0.2, -0.15) is 0 Å². The molecule has 4 rings (SSSR count). The molecule has 0 spiro atoms. The molecule has 0 amide bonds. The van der Waals surface area contributed by atoms with Crippen LogP contribution in [0.15, 0.2) is 67.1 Å². The van der Waals surface area contributed by atoms with E-state index in [4.69, 9.17) is 10.5 Å². The summed E-state index contributed by atoms with van der Waals surface area (Å²) in [4.78, 5) is 13.2. The number of nitrogens with one attached hydrogen (secondary N) is 1. The van der Waals surface area contributed by atoms with Crippen molar-refractivity contribution in [3.05, 3.63) is 78.5 Å². The molecule has 0 saturated heterocycles. The Hall–Kier alpha value is -3.58. The molecule has 0 aliphatic rings. The second kappa shape index (κ2) is 9.28. The van der Waals surface area contributed by atoms with Gasteiger partial charge in [-0.05, 0) is 48.2 Å². The number of halogens is 1. The second-order valence-corrected chi connectivity index (χ2v) is 6.84. The van der Waals surface area contributed by atoms with E-state index in [2.05, 4.69) is 20.3 Å². The zero-order valence-corrected chi connectivity index (χ0v) is 16.4. The number of rotatable bonds is 8. The summed E-state index contributed by atoms with van der Waals surface area (Å²) in [6.07, 6.45) is 5.90. The number of benzene rings is 2. The molecule has 4 aromatic rings. The molecule has 0 unspecified atom stereocenters. The fourth-order valence-electron chi connectivity index (χ4n) is 3.01. The Labute approximate surface area is 174 Å². The average molecular weight is 403 g/mol. The molecular weight excluding hydrogens is 381 g/mol. The van der Waals surface area contributed by atoms with Crippen LogP contribution in [0, 0.1) is 5.82 Å². The third-order valence-corrected chi connectivity index (χ3v) is 4.62. The number of fused-ring (bicyclic) bond motifs is 1. The van der Waals surface area contributed by atoms with Gasteiger partial charge in [-0.3, -0.25) is 4.98 Å². The zero-order chi connectivity index (χ0) is 20.8. The first-order chi connectivity index (χ1) is 14.7. The Morgan fingerprint density at radius 1 is 0.967 bits per heavy atom. The van der Waals surface area contributed by atoms with Crippen molar-refractivity contribution >= 4 is 16.6 Å². The number of pyridine rings is 1. The average Bonchev–Trinajstić information content (AvgIpc) is 2.78. The van der Waals surface area contributed by atoms with Gasteiger partial charge in [0, 0.05) is 23.7 Å². The number of hydrogen-bond donors (Lipinski definition) is 2. The summed E-state index contributed by atoms with van der Waals surface area (Å²) < 4.78 is 18.6. The number of aromatic nitrogens is 3. The highest BCUT2D eigenvalue weighted by Crippen LogP contribution is 2.25. The van der Waals surface area contributed by atoms with Crippen molar-refractivity contribution in [1.29, 1.82) is 0 Å². The van der Waals surface area contributed by atoms with Crippen LogP contribution in [0.5, 0.6) is 5.88 Å². The fraction of sp³-hybridized carbons (Fsp3) is 0.174. The SMILES string of the molecule is NCCCOc1cncc(-c2ccc3cnc(NCc4ccc(F)cc4)cc3c2)n1. The van der Waals surface area contributed by atoms with Crippen LogP contribution in [-0.4, -0.2) is 28.1 Å². The Morgan fingerprint density at radius 2 is 1.83 bits per heavy atom. The molecule has 0 aliphatic heterocycles. The largest absolute Gasteiger partial charge is 0.477 e. The number of anilines is 1. The third kappa shape index (κ3) is 4.87. The molecule has 30 heavy (non-hydrogen) atoms. The molecule has 152 valence electrons. The first-order valence-corrected chi connectivity index (χ1v) is 9.75. The molecule has 3 N–H and O–H groups in total. The molecule has 0 saturated carbocycles. The van der Waals surface area contributed by atoms with E-state index in [9.17, 15) is 4.39 Å². The van der Waals surface area contributed by atoms with Crippen molar-refractivity contribution in [2.45, 2.75) is 13.0 Å². The second-order valence-electron chi connectivity index (χ2n) is 6.84. The predicted molar refractivity (Wildman–Crippen MR) is 116 cm³/mol. The Balaban J connectivity index is 1.53. The molecule has 7 heteroatoms. The van der Waals surface area contributed by atoms with Crippen LogP contribution in [0.3, 0.4) is 0 Å². The van der Waals surface area contributed by atoms with Gasteiger partial charge in [0.05, 0.1) is 24.7 Å². The van der Waals surface area contributed by atoms with E-state index in [1.165, 1.54) is 12.1 Å². The number of ether oxygens (including phenoxy) is 1. The Kier molecular flexibility index (Phi) is 6.10. The van der Waals surface area contributed by atoms with Gasteiger partial charge in [0.15, 0.2) is 0 Å². The van der Waals surface area contributed by atoms with E-state index in [-0.39, 0.29) is 5.82 Å². The van der Waals surface area contributed by atoms with Gasteiger partial charge in [0.2, 0.25) is 5.88 Å². The smallest absolute Gasteiger partial charge is 0.232 e. The molecule has 6 nitrogen and oxygen atoms in total. The molecular formula is C23H22FN5O. The number of hydrogen-bond acceptors (Lipinski definition) is 6. The van der Waals surface area contributed by atoms with Gasteiger partial charge in [-0.1, -0.05) is 24.3 Å². The maximum atomic E-state index is 13.0. The standard InChI is InChI=1S/C23H22FN5O/c24-20-6-2-16(3-7-20)12-27-22-11-19-10-17(4-5-18(19)13-28-22)21-14-26-15-23(29-21)30-9-1-8-25/h2-7,10-11,13-15H,1,8-9,12,25H2,(H,27,28). The van der Waals surface area contributed by atoms with Gasteiger partial charge in [0.1, 0.15) is 11.6 Å². The maximum absolute atomic E-state index is 13.0. The summed E-state index contributed by atoms with van der Waals surface area (Å²) >= 11 is 0. The lowest BCUT2D eigenvalue weighted by Crippen LogP contribution is -2.07. The lowest BCUT2D eigenvalue weighted by molar-refractivity contribution is 0.300. The minimum Gasteiger partial charge on any atom is -0.477 e. The number of nitrogens with zero attached hydrogens (tertiary/aromatic N) is 3. The van der Waals surface area contributed by atoms with Crippen molar-refractivity contribution in [2.24, 2.45) is 5.73 Å². The lowest BCUT2D eigenvalue weighted by Gasteiger charge is -2.09. The summed E-state index contributed by atoms with van der Waals surface area (Å²) in [6, 6.07) is 14.4. The van der Waals surface area contributed by atoms with Gasteiger partial charge < -0.3 is 15.8 Å². The van der Waals surface area contributed by atoms with Gasteiger partial charge in [-0.25, -0.2) is 14.4 Å². The van der Waals surface area contributed by atoms with E-state index in [1.807, 2.05) is 30.5 Å². The minimum atomic E-state index is -0.243. The summed E-state index contributed by atoms with van der Waals surface area (Å²) in [5.74, 6) is 0.985. The van der Waals surface area contributed by atoms with E-state index >= 15 is 0 Å². The van der Waals surface area contributed by atoms with Crippen molar-refractivity contribution in [3.63, 3.8) is 0 Å². The molecule has 0 radical (unpaired) electrons. The van der Waals surface area contributed by atoms with Crippen LogP contribution >= 0.6 is 0 Å². The Morgan fingerprint density at radius 3 is 2.67 bits per heavy atom. The highest BCUT2D eigenvalue weighted by atomic mass is 19.1. The van der Waals surface area contributed by atoms with Crippen molar-refractivity contribution in [2.75, 3.05) is 18.5 Å². The highest BCUT2D eigenvalue weighted by molar-refractivity contribution is 5.87. The van der Waals surface area contributed by atoms with Gasteiger partial charge in [-0.15, -0.1) is 0 Å².